The quantitative estimate of drug-likeness (QED) is 0.807. The van der Waals surface area contributed by atoms with Gasteiger partial charge >= 0.3 is 0 Å². The summed E-state index contributed by atoms with van der Waals surface area (Å²) in [4.78, 5) is 31.2. The number of carbonyl (C=O) groups is 2. The lowest BCUT2D eigenvalue weighted by Crippen LogP contribution is -2.41. The highest BCUT2D eigenvalue weighted by Crippen LogP contribution is 2.36. The highest BCUT2D eigenvalue weighted by Gasteiger charge is 2.48. The average molecular weight is 345 g/mol. The fraction of sp³-hybridized carbons (Fsp3) is 0.556. The van der Waals surface area contributed by atoms with Crippen LogP contribution in [0.15, 0.2) is 18.2 Å². The highest BCUT2D eigenvalue weighted by atomic mass is 16.7. The van der Waals surface area contributed by atoms with Crippen molar-refractivity contribution in [1.29, 1.82) is 0 Å². The Balaban J connectivity index is 1.49. The van der Waals surface area contributed by atoms with Gasteiger partial charge in [-0.3, -0.25) is 9.59 Å². The van der Waals surface area contributed by atoms with Crippen LogP contribution >= 0.6 is 0 Å². The second kappa shape index (κ2) is 6.22. The van der Waals surface area contributed by atoms with Crippen LogP contribution in [0, 0.1) is 0 Å². The van der Waals surface area contributed by atoms with E-state index >= 15 is 0 Å². The summed E-state index contributed by atoms with van der Waals surface area (Å²) in [5.41, 5.74) is 0.587. The third-order valence-electron chi connectivity index (χ3n) is 5.28. The van der Waals surface area contributed by atoms with Crippen LogP contribution in [-0.2, 0) is 4.79 Å². The van der Waals surface area contributed by atoms with E-state index in [2.05, 4.69) is 4.90 Å². The van der Waals surface area contributed by atoms with Crippen molar-refractivity contribution < 1.29 is 19.1 Å². The smallest absolute Gasteiger partial charge is 0.254 e. The van der Waals surface area contributed by atoms with Gasteiger partial charge in [0.15, 0.2) is 11.5 Å². The van der Waals surface area contributed by atoms with Gasteiger partial charge in [0.2, 0.25) is 12.7 Å². The molecule has 0 N–H and O–H groups in total. The molecule has 1 aromatic carbocycles. The van der Waals surface area contributed by atoms with Crippen molar-refractivity contribution >= 4 is 11.8 Å². The minimum absolute atomic E-state index is 0.0208. The molecule has 2 saturated heterocycles. The van der Waals surface area contributed by atoms with E-state index in [9.17, 15) is 9.59 Å². The number of rotatable bonds is 4. The summed E-state index contributed by atoms with van der Waals surface area (Å²) in [6.07, 6.45) is 1.27. The molecule has 134 valence electrons. The molecule has 4 rings (SSSR count). The Morgan fingerprint density at radius 1 is 1.24 bits per heavy atom. The second-order valence-electron chi connectivity index (χ2n) is 7.08. The molecule has 0 spiro atoms. The Morgan fingerprint density at radius 3 is 2.84 bits per heavy atom. The van der Waals surface area contributed by atoms with E-state index in [0.717, 1.165) is 19.5 Å². The summed E-state index contributed by atoms with van der Waals surface area (Å²) in [6.45, 7) is 2.44. The van der Waals surface area contributed by atoms with Crippen LogP contribution in [0.4, 0.5) is 0 Å². The highest BCUT2D eigenvalue weighted by molar-refractivity contribution is 5.96. The van der Waals surface area contributed by atoms with Crippen molar-refractivity contribution in [3.8, 4) is 11.5 Å². The summed E-state index contributed by atoms with van der Waals surface area (Å²) in [7, 11) is 4.00. The van der Waals surface area contributed by atoms with Crippen molar-refractivity contribution in [3.63, 3.8) is 0 Å². The van der Waals surface area contributed by atoms with Crippen LogP contribution in [-0.4, -0.2) is 79.1 Å². The maximum absolute atomic E-state index is 13.0. The largest absolute Gasteiger partial charge is 0.454 e. The zero-order valence-corrected chi connectivity index (χ0v) is 14.6. The van der Waals surface area contributed by atoms with Gasteiger partial charge in [0.05, 0.1) is 12.1 Å². The number of ether oxygens (including phenoxy) is 2. The maximum Gasteiger partial charge on any atom is 0.254 e. The first-order valence-electron chi connectivity index (χ1n) is 8.69. The molecule has 0 bridgehead atoms. The minimum atomic E-state index is -0.0342. The van der Waals surface area contributed by atoms with Gasteiger partial charge in [-0.2, -0.15) is 0 Å². The maximum atomic E-state index is 13.0. The van der Waals surface area contributed by atoms with Gasteiger partial charge in [-0.25, -0.2) is 0 Å². The second-order valence-corrected chi connectivity index (χ2v) is 7.08. The molecule has 0 unspecified atom stereocenters. The van der Waals surface area contributed by atoms with E-state index in [0.29, 0.717) is 30.0 Å². The van der Waals surface area contributed by atoms with Crippen LogP contribution in [0.1, 0.15) is 23.2 Å². The predicted octanol–water partition coefficient (Wildman–Crippen LogP) is 0.792. The van der Waals surface area contributed by atoms with E-state index in [-0.39, 0.29) is 30.7 Å². The van der Waals surface area contributed by atoms with Crippen LogP contribution in [0.5, 0.6) is 11.5 Å². The van der Waals surface area contributed by atoms with Crippen molar-refractivity contribution in [2.24, 2.45) is 0 Å². The van der Waals surface area contributed by atoms with Crippen molar-refractivity contribution in [1.82, 2.24) is 14.7 Å². The van der Waals surface area contributed by atoms with Gasteiger partial charge in [-0.1, -0.05) is 0 Å². The fourth-order valence-electron chi connectivity index (χ4n) is 3.97. The number of fused-ring (bicyclic) bond motifs is 2. The van der Waals surface area contributed by atoms with E-state index in [1.165, 1.54) is 0 Å². The van der Waals surface area contributed by atoms with E-state index in [1.54, 1.807) is 18.2 Å². The predicted molar refractivity (Wildman–Crippen MR) is 90.7 cm³/mol. The average Bonchev–Trinajstić information content (AvgIpc) is 3.26. The van der Waals surface area contributed by atoms with E-state index < -0.39 is 0 Å². The molecular weight excluding hydrogens is 322 g/mol. The van der Waals surface area contributed by atoms with Gasteiger partial charge < -0.3 is 24.2 Å². The Hall–Kier alpha value is -2.28. The molecule has 3 aliphatic heterocycles. The van der Waals surface area contributed by atoms with Gasteiger partial charge in [0.1, 0.15) is 0 Å². The third-order valence-corrected chi connectivity index (χ3v) is 5.28. The standard InChI is InChI=1S/C18H23N3O4/c1-19(2)7-8-20-13-5-6-21(14(13)10-17(20)22)18(23)12-3-4-15-16(9-12)25-11-24-15/h3-4,9,13-14H,5-8,10-11H2,1-2H3/t13-,14+/m0/s1. The molecule has 0 aliphatic carbocycles. The SMILES string of the molecule is CN(C)CCN1C(=O)C[C@@H]2[C@@H]1CCN2C(=O)c1ccc2c(c1)OCO2. The van der Waals surface area contributed by atoms with E-state index in [1.807, 2.05) is 23.9 Å². The number of hydrogen-bond donors (Lipinski definition) is 0. The molecule has 0 radical (unpaired) electrons. The van der Waals surface area contributed by atoms with Crippen molar-refractivity contribution in [3.05, 3.63) is 23.8 Å². The van der Waals surface area contributed by atoms with Gasteiger partial charge in [0, 0.05) is 31.6 Å². The molecular formula is C18H23N3O4. The lowest BCUT2D eigenvalue weighted by molar-refractivity contribution is -0.129. The summed E-state index contributed by atoms with van der Waals surface area (Å²) in [5, 5.41) is 0. The summed E-state index contributed by atoms with van der Waals surface area (Å²) < 4.78 is 10.7. The molecule has 1 aromatic rings. The Bertz CT molecular complexity index is 706. The molecule has 25 heavy (non-hydrogen) atoms. The number of benzene rings is 1. The van der Waals surface area contributed by atoms with Crippen LogP contribution in [0.2, 0.25) is 0 Å². The number of carbonyl (C=O) groups excluding carboxylic acids is 2. The minimum Gasteiger partial charge on any atom is -0.454 e. The third kappa shape index (κ3) is 2.82. The van der Waals surface area contributed by atoms with Gasteiger partial charge in [-0.15, -0.1) is 0 Å². The molecule has 2 atom stereocenters. The van der Waals surface area contributed by atoms with Crippen LogP contribution < -0.4 is 9.47 Å². The molecule has 2 fully saturated rings. The molecule has 0 aromatic heterocycles. The number of likely N-dealkylation sites (tertiary alicyclic amines) is 2. The number of amides is 2. The molecule has 3 aliphatic rings. The first kappa shape index (κ1) is 16.2. The number of likely N-dealkylation sites (N-methyl/N-ethyl adjacent to an activating group) is 1. The number of hydrogen-bond acceptors (Lipinski definition) is 5. The lowest BCUT2D eigenvalue weighted by atomic mass is 10.1. The zero-order valence-electron chi connectivity index (χ0n) is 14.6. The summed E-state index contributed by atoms with van der Waals surface area (Å²) in [5.74, 6) is 1.39. The first-order chi connectivity index (χ1) is 12.0. The molecule has 7 heteroatoms. The molecule has 2 amide bonds. The van der Waals surface area contributed by atoms with Gasteiger partial charge in [0.25, 0.3) is 5.91 Å². The van der Waals surface area contributed by atoms with Crippen LogP contribution in [0.3, 0.4) is 0 Å². The van der Waals surface area contributed by atoms with Crippen LogP contribution in [0.25, 0.3) is 0 Å². The first-order valence-corrected chi connectivity index (χ1v) is 8.69. The Morgan fingerprint density at radius 2 is 2.04 bits per heavy atom. The van der Waals surface area contributed by atoms with Gasteiger partial charge in [-0.05, 0) is 38.7 Å². The fourth-order valence-corrected chi connectivity index (χ4v) is 3.97. The Labute approximate surface area is 147 Å². The Kier molecular flexibility index (Phi) is 4.03. The topological polar surface area (TPSA) is 62.3 Å². The summed E-state index contributed by atoms with van der Waals surface area (Å²) >= 11 is 0. The molecule has 0 saturated carbocycles. The molecule has 7 nitrogen and oxygen atoms in total. The zero-order chi connectivity index (χ0) is 17.6. The monoisotopic (exact) mass is 345 g/mol. The normalized spacial score (nSPS) is 24.4. The summed E-state index contributed by atoms with van der Waals surface area (Å²) in [6, 6.07) is 5.40. The lowest BCUT2D eigenvalue weighted by Gasteiger charge is -2.26. The van der Waals surface area contributed by atoms with Crippen molar-refractivity contribution in [2.75, 3.05) is 40.5 Å². The molecule has 3 heterocycles. The van der Waals surface area contributed by atoms with E-state index in [4.69, 9.17) is 9.47 Å². The van der Waals surface area contributed by atoms with Crippen molar-refractivity contribution in [2.45, 2.75) is 24.9 Å². The number of nitrogens with zero attached hydrogens (tertiary/aromatic N) is 3.